The van der Waals surface area contributed by atoms with Crippen molar-refractivity contribution in [1.29, 1.82) is 0 Å². The number of nitrogens with one attached hydrogen (secondary N) is 1. The molecule has 1 N–H and O–H groups in total. The standard InChI is InChI=1S/C15H19NO/c17-15-9-10-16(14-8-4-7-13(14)15)11-12-5-2-1-3-6-12/h1-3,5-6,13-14H,4,7-11H2/p+1/t13-,14+/m0/s1. The van der Waals surface area contributed by atoms with Crippen LogP contribution in [0.15, 0.2) is 30.3 Å². The van der Waals surface area contributed by atoms with Gasteiger partial charge in [-0.1, -0.05) is 30.3 Å². The summed E-state index contributed by atoms with van der Waals surface area (Å²) in [5, 5.41) is 0. The fourth-order valence-electron chi connectivity index (χ4n) is 3.57. The highest BCUT2D eigenvalue weighted by molar-refractivity contribution is 5.82. The maximum Gasteiger partial charge on any atom is 0.147 e. The van der Waals surface area contributed by atoms with Crippen molar-refractivity contribution in [2.45, 2.75) is 38.3 Å². The number of ketones is 1. The molecular weight excluding hydrogens is 210 g/mol. The van der Waals surface area contributed by atoms with Crippen molar-refractivity contribution in [2.75, 3.05) is 6.54 Å². The summed E-state index contributed by atoms with van der Waals surface area (Å²) in [5.74, 6) is 0.909. The number of quaternary nitrogens is 1. The molecule has 0 radical (unpaired) electrons. The summed E-state index contributed by atoms with van der Waals surface area (Å²) >= 11 is 0. The predicted octanol–water partition coefficient (Wildman–Crippen LogP) is 1.21. The van der Waals surface area contributed by atoms with Gasteiger partial charge in [0.25, 0.3) is 0 Å². The van der Waals surface area contributed by atoms with Crippen LogP contribution in [-0.4, -0.2) is 18.4 Å². The molecule has 1 saturated carbocycles. The number of carbonyl (C=O) groups is 1. The number of fused-ring (bicyclic) bond motifs is 1. The molecule has 0 aromatic heterocycles. The minimum absolute atomic E-state index is 0.377. The van der Waals surface area contributed by atoms with Gasteiger partial charge in [-0.3, -0.25) is 4.79 Å². The van der Waals surface area contributed by atoms with Crippen LogP contribution in [0.5, 0.6) is 0 Å². The van der Waals surface area contributed by atoms with Crippen LogP contribution in [-0.2, 0) is 11.3 Å². The maximum atomic E-state index is 11.9. The van der Waals surface area contributed by atoms with Gasteiger partial charge in [0.15, 0.2) is 0 Å². The Bertz CT molecular complexity index is 401. The third kappa shape index (κ3) is 2.14. The fourth-order valence-corrected chi connectivity index (χ4v) is 3.57. The molecule has 0 bridgehead atoms. The Kier molecular flexibility index (Phi) is 2.98. The Morgan fingerprint density at radius 2 is 2.00 bits per heavy atom. The summed E-state index contributed by atoms with van der Waals surface area (Å²) in [4.78, 5) is 13.5. The molecule has 1 aromatic carbocycles. The highest BCUT2D eigenvalue weighted by atomic mass is 16.1. The van der Waals surface area contributed by atoms with Crippen molar-refractivity contribution >= 4 is 5.78 Å². The van der Waals surface area contributed by atoms with Crippen LogP contribution in [0, 0.1) is 5.92 Å². The lowest BCUT2D eigenvalue weighted by Gasteiger charge is -2.33. The summed E-state index contributed by atoms with van der Waals surface area (Å²) < 4.78 is 0. The molecule has 1 aliphatic heterocycles. The van der Waals surface area contributed by atoms with E-state index < -0.39 is 0 Å². The van der Waals surface area contributed by atoms with Gasteiger partial charge in [-0.05, 0) is 12.8 Å². The van der Waals surface area contributed by atoms with Crippen molar-refractivity contribution in [3.05, 3.63) is 35.9 Å². The van der Waals surface area contributed by atoms with Crippen LogP contribution < -0.4 is 4.90 Å². The molecule has 2 aliphatic rings. The van der Waals surface area contributed by atoms with Crippen molar-refractivity contribution in [3.63, 3.8) is 0 Å². The molecular formula is C15H20NO+. The third-order valence-corrected chi connectivity index (χ3v) is 4.42. The second-order valence-electron chi connectivity index (χ2n) is 5.43. The number of Topliss-reactive ketones (excluding diaryl/α,β-unsaturated/α-hetero) is 1. The zero-order valence-electron chi connectivity index (χ0n) is 10.2. The van der Waals surface area contributed by atoms with Gasteiger partial charge in [0.05, 0.1) is 24.9 Å². The zero-order valence-corrected chi connectivity index (χ0v) is 10.2. The van der Waals surface area contributed by atoms with Gasteiger partial charge in [0.2, 0.25) is 0 Å². The number of benzene rings is 1. The van der Waals surface area contributed by atoms with E-state index >= 15 is 0 Å². The van der Waals surface area contributed by atoms with E-state index in [4.69, 9.17) is 0 Å². The van der Waals surface area contributed by atoms with Crippen LogP contribution in [0.2, 0.25) is 0 Å². The third-order valence-electron chi connectivity index (χ3n) is 4.42. The van der Waals surface area contributed by atoms with Crippen LogP contribution >= 0.6 is 0 Å². The number of piperidine rings is 1. The smallest absolute Gasteiger partial charge is 0.147 e. The number of carbonyl (C=O) groups excluding carboxylic acids is 1. The molecule has 0 spiro atoms. The zero-order chi connectivity index (χ0) is 11.7. The van der Waals surface area contributed by atoms with Crippen molar-refractivity contribution in [3.8, 4) is 0 Å². The quantitative estimate of drug-likeness (QED) is 0.810. The number of likely N-dealkylation sites (tertiary alicyclic amines) is 1. The number of hydrogen-bond donors (Lipinski definition) is 1. The minimum Gasteiger partial charge on any atom is -0.328 e. The SMILES string of the molecule is O=C1CC[NH+](Cc2ccccc2)[C@@H]2CCC[C@H]12. The maximum absolute atomic E-state index is 11.9. The van der Waals surface area contributed by atoms with Gasteiger partial charge in [0, 0.05) is 12.0 Å². The first-order valence-electron chi connectivity index (χ1n) is 6.76. The fraction of sp³-hybridized carbons (Fsp3) is 0.533. The van der Waals surface area contributed by atoms with Crippen molar-refractivity contribution in [2.24, 2.45) is 5.92 Å². The van der Waals surface area contributed by atoms with Gasteiger partial charge < -0.3 is 4.90 Å². The molecule has 90 valence electrons. The largest absolute Gasteiger partial charge is 0.328 e. The lowest BCUT2D eigenvalue weighted by atomic mass is 9.90. The van der Waals surface area contributed by atoms with Gasteiger partial charge >= 0.3 is 0 Å². The molecule has 1 saturated heterocycles. The average molecular weight is 230 g/mol. The second kappa shape index (κ2) is 4.61. The summed E-state index contributed by atoms with van der Waals surface area (Å²) in [5.41, 5.74) is 1.41. The Morgan fingerprint density at radius 3 is 2.82 bits per heavy atom. The van der Waals surface area contributed by atoms with Gasteiger partial charge in [0.1, 0.15) is 12.3 Å². The van der Waals surface area contributed by atoms with E-state index in [2.05, 4.69) is 30.3 Å². The number of rotatable bonds is 2. The van der Waals surface area contributed by atoms with E-state index in [1.807, 2.05) is 0 Å². The minimum atomic E-state index is 0.377. The Balaban J connectivity index is 1.73. The predicted molar refractivity (Wildman–Crippen MR) is 66.7 cm³/mol. The van der Waals surface area contributed by atoms with E-state index in [0.717, 1.165) is 25.9 Å². The van der Waals surface area contributed by atoms with E-state index in [1.54, 1.807) is 4.90 Å². The van der Waals surface area contributed by atoms with E-state index in [9.17, 15) is 4.79 Å². The van der Waals surface area contributed by atoms with Crippen LogP contribution in [0.1, 0.15) is 31.2 Å². The molecule has 1 heterocycles. The van der Waals surface area contributed by atoms with Crippen LogP contribution in [0.4, 0.5) is 0 Å². The molecule has 2 heteroatoms. The van der Waals surface area contributed by atoms with Crippen molar-refractivity contribution in [1.82, 2.24) is 0 Å². The summed E-state index contributed by atoms with van der Waals surface area (Å²) in [6, 6.07) is 11.3. The van der Waals surface area contributed by atoms with Gasteiger partial charge in [-0.2, -0.15) is 0 Å². The molecule has 3 rings (SSSR count). The molecule has 1 unspecified atom stereocenters. The van der Waals surface area contributed by atoms with E-state index in [-0.39, 0.29) is 0 Å². The van der Waals surface area contributed by atoms with Crippen LogP contribution in [0.25, 0.3) is 0 Å². The van der Waals surface area contributed by atoms with Crippen molar-refractivity contribution < 1.29 is 9.69 Å². The summed E-state index contributed by atoms with van der Waals surface area (Å²) in [6.07, 6.45) is 4.43. The molecule has 17 heavy (non-hydrogen) atoms. The molecule has 1 aliphatic carbocycles. The van der Waals surface area contributed by atoms with Gasteiger partial charge in [-0.15, -0.1) is 0 Å². The lowest BCUT2D eigenvalue weighted by Crippen LogP contribution is -3.16. The topological polar surface area (TPSA) is 21.5 Å². The normalized spacial score (nSPS) is 32.5. The Morgan fingerprint density at radius 1 is 1.18 bits per heavy atom. The lowest BCUT2D eigenvalue weighted by molar-refractivity contribution is -0.942. The summed E-state index contributed by atoms with van der Waals surface area (Å²) in [7, 11) is 0. The molecule has 2 nitrogen and oxygen atoms in total. The first-order chi connectivity index (χ1) is 8.34. The second-order valence-corrected chi connectivity index (χ2v) is 5.43. The highest BCUT2D eigenvalue weighted by Gasteiger charge is 2.43. The first-order valence-corrected chi connectivity index (χ1v) is 6.76. The summed E-state index contributed by atoms with van der Waals surface area (Å²) in [6.45, 7) is 2.13. The Labute approximate surface area is 103 Å². The average Bonchev–Trinajstić information content (AvgIpc) is 2.84. The Hall–Kier alpha value is -1.15. The van der Waals surface area contributed by atoms with Gasteiger partial charge in [-0.25, -0.2) is 0 Å². The molecule has 0 amide bonds. The molecule has 2 fully saturated rings. The molecule has 1 aromatic rings. The monoisotopic (exact) mass is 230 g/mol. The van der Waals surface area contributed by atoms with E-state index in [0.29, 0.717) is 17.7 Å². The highest BCUT2D eigenvalue weighted by Crippen LogP contribution is 2.27. The number of hydrogen-bond acceptors (Lipinski definition) is 1. The molecule has 3 atom stereocenters. The first kappa shape index (κ1) is 11.0. The van der Waals surface area contributed by atoms with Crippen LogP contribution in [0.3, 0.4) is 0 Å². The van der Waals surface area contributed by atoms with E-state index in [1.165, 1.54) is 18.4 Å².